The molecule has 2 heteroatoms. The van der Waals surface area contributed by atoms with Gasteiger partial charge < -0.3 is 5.32 Å². The summed E-state index contributed by atoms with van der Waals surface area (Å²) in [4.78, 5) is 11.8. The number of hydrogen-bond donors (Lipinski definition) is 1. The van der Waals surface area contributed by atoms with E-state index in [-0.39, 0.29) is 11.3 Å². The Morgan fingerprint density at radius 1 is 1.43 bits per heavy atom. The molecule has 14 heavy (non-hydrogen) atoms. The number of nitrogens with one attached hydrogen (secondary N) is 1. The minimum atomic E-state index is -0.332. The molecule has 2 rings (SSSR count). The van der Waals surface area contributed by atoms with Crippen molar-refractivity contribution in [3.05, 3.63) is 29.3 Å². The quantitative estimate of drug-likeness (QED) is 0.723. The number of carbonyl (C=O) groups excluding carboxylic acids is 1. The molecule has 0 saturated heterocycles. The van der Waals surface area contributed by atoms with Crippen LogP contribution in [0.15, 0.2) is 18.2 Å². The highest BCUT2D eigenvalue weighted by molar-refractivity contribution is 6.05. The van der Waals surface area contributed by atoms with Crippen molar-refractivity contribution in [2.45, 2.75) is 32.6 Å². The molecule has 1 aliphatic heterocycles. The number of rotatable bonds is 1. The largest absolute Gasteiger partial charge is 0.325 e. The summed E-state index contributed by atoms with van der Waals surface area (Å²) >= 11 is 0. The predicted octanol–water partition coefficient (Wildman–Crippen LogP) is 2.61. The maximum Gasteiger partial charge on any atom is 0.234 e. The van der Waals surface area contributed by atoms with E-state index in [0.29, 0.717) is 0 Å². The first-order valence-electron chi connectivity index (χ1n) is 5.00. The van der Waals surface area contributed by atoms with E-state index in [0.717, 1.165) is 17.7 Å². The molecule has 0 radical (unpaired) electrons. The van der Waals surface area contributed by atoms with Crippen LogP contribution in [0.1, 0.15) is 31.4 Å². The van der Waals surface area contributed by atoms with E-state index >= 15 is 0 Å². The zero-order valence-electron chi connectivity index (χ0n) is 8.85. The van der Waals surface area contributed by atoms with E-state index in [9.17, 15) is 4.79 Å². The van der Waals surface area contributed by atoms with Gasteiger partial charge in [0, 0.05) is 5.69 Å². The van der Waals surface area contributed by atoms with Gasteiger partial charge in [0.1, 0.15) is 0 Å². The lowest BCUT2D eigenvalue weighted by Crippen LogP contribution is -2.29. The maximum atomic E-state index is 11.8. The van der Waals surface area contributed by atoms with Crippen molar-refractivity contribution in [3.63, 3.8) is 0 Å². The van der Waals surface area contributed by atoms with Crippen LogP contribution < -0.4 is 5.32 Å². The maximum absolute atomic E-state index is 11.8. The molecule has 1 heterocycles. The number of benzene rings is 1. The third kappa shape index (κ3) is 1.07. The molecule has 0 spiro atoms. The van der Waals surface area contributed by atoms with Crippen LogP contribution in [0.25, 0.3) is 0 Å². The molecule has 1 N–H and O–H groups in total. The SMILES string of the molecule is CCC1(C)C(=O)Nc2ccc(C)cc21. The molecule has 0 fully saturated rings. The van der Waals surface area contributed by atoms with Crippen molar-refractivity contribution in [1.82, 2.24) is 0 Å². The second-order valence-corrected chi connectivity index (χ2v) is 4.19. The Kier molecular flexibility index (Phi) is 1.88. The number of anilines is 1. The van der Waals surface area contributed by atoms with Crippen LogP contribution in [0.3, 0.4) is 0 Å². The number of aryl methyl sites for hydroxylation is 1. The lowest BCUT2D eigenvalue weighted by atomic mass is 9.81. The molecule has 0 aromatic heterocycles. The third-order valence-corrected chi connectivity index (χ3v) is 3.23. The number of fused-ring (bicyclic) bond motifs is 1. The summed E-state index contributed by atoms with van der Waals surface area (Å²) in [6.45, 7) is 6.11. The van der Waals surface area contributed by atoms with Gasteiger partial charge in [-0.3, -0.25) is 4.79 Å². The molecular formula is C12H15NO. The van der Waals surface area contributed by atoms with E-state index in [2.05, 4.69) is 25.2 Å². The van der Waals surface area contributed by atoms with Crippen LogP contribution in [0.4, 0.5) is 5.69 Å². The summed E-state index contributed by atoms with van der Waals surface area (Å²) < 4.78 is 0. The zero-order chi connectivity index (χ0) is 10.3. The third-order valence-electron chi connectivity index (χ3n) is 3.23. The topological polar surface area (TPSA) is 29.1 Å². The average Bonchev–Trinajstić information content (AvgIpc) is 2.41. The molecule has 74 valence electrons. The van der Waals surface area contributed by atoms with Crippen molar-refractivity contribution in [2.75, 3.05) is 5.32 Å². The van der Waals surface area contributed by atoms with Gasteiger partial charge in [0.05, 0.1) is 5.41 Å². The van der Waals surface area contributed by atoms with E-state index in [1.54, 1.807) is 0 Å². The molecule has 1 unspecified atom stereocenters. The van der Waals surface area contributed by atoms with Gasteiger partial charge in [-0.25, -0.2) is 0 Å². The molecule has 1 aliphatic rings. The van der Waals surface area contributed by atoms with E-state index in [1.165, 1.54) is 5.56 Å². The van der Waals surface area contributed by atoms with Crippen molar-refractivity contribution < 1.29 is 4.79 Å². The predicted molar refractivity (Wildman–Crippen MR) is 57.5 cm³/mol. The Morgan fingerprint density at radius 2 is 2.14 bits per heavy atom. The summed E-state index contributed by atoms with van der Waals surface area (Å²) in [6, 6.07) is 6.13. The van der Waals surface area contributed by atoms with Gasteiger partial charge in [0.2, 0.25) is 5.91 Å². The Balaban J connectivity index is 2.61. The Labute approximate surface area is 84.3 Å². The monoisotopic (exact) mass is 189 g/mol. The molecule has 0 bridgehead atoms. The van der Waals surface area contributed by atoms with Crippen LogP contribution >= 0.6 is 0 Å². The van der Waals surface area contributed by atoms with Crippen molar-refractivity contribution in [3.8, 4) is 0 Å². The van der Waals surface area contributed by atoms with Gasteiger partial charge in [-0.1, -0.05) is 24.6 Å². The minimum absolute atomic E-state index is 0.126. The van der Waals surface area contributed by atoms with Crippen molar-refractivity contribution in [1.29, 1.82) is 0 Å². The van der Waals surface area contributed by atoms with E-state index in [4.69, 9.17) is 0 Å². The first kappa shape index (κ1) is 9.25. The molecule has 1 atom stereocenters. The number of hydrogen-bond acceptors (Lipinski definition) is 1. The molecular weight excluding hydrogens is 174 g/mol. The van der Waals surface area contributed by atoms with Crippen LogP contribution in [0, 0.1) is 6.92 Å². The second kappa shape index (κ2) is 2.84. The van der Waals surface area contributed by atoms with Crippen LogP contribution in [0.5, 0.6) is 0 Å². The average molecular weight is 189 g/mol. The second-order valence-electron chi connectivity index (χ2n) is 4.19. The van der Waals surface area contributed by atoms with Crippen molar-refractivity contribution in [2.24, 2.45) is 0 Å². The first-order chi connectivity index (χ1) is 6.58. The number of carbonyl (C=O) groups is 1. The lowest BCUT2D eigenvalue weighted by molar-refractivity contribution is -0.120. The first-order valence-corrected chi connectivity index (χ1v) is 5.00. The Morgan fingerprint density at radius 3 is 2.79 bits per heavy atom. The highest BCUT2D eigenvalue weighted by Crippen LogP contribution is 2.40. The molecule has 1 aromatic carbocycles. The molecule has 1 amide bonds. The molecule has 2 nitrogen and oxygen atoms in total. The number of amides is 1. The summed E-state index contributed by atoms with van der Waals surface area (Å²) in [6.07, 6.45) is 0.843. The van der Waals surface area contributed by atoms with Crippen LogP contribution in [-0.2, 0) is 10.2 Å². The summed E-state index contributed by atoms with van der Waals surface area (Å²) in [7, 11) is 0. The van der Waals surface area contributed by atoms with Gasteiger partial charge in [0.15, 0.2) is 0 Å². The Hall–Kier alpha value is -1.31. The lowest BCUT2D eigenvalue weighted by Gasteiger charge is -2.19. The van der Waals surface area contributed by atoms with Gasteiger partial charge in [-0.15, -0.1) is 0 Å². The normalized spacial score (nSPS) is 24.6. The minimum Gasteiger partial charge on any atom is -0.325 e. The van der Waals surface area contributed by atoms with E-state index < -0.39 is 0 Å². The molecule has 0 saturated carbocycles. The smallest absolute Gasteiger partial charge is 0.234 e. The highest BCUT2D eigenvalue weighted by Gasteiger charge is 2.40. The fraction of sp³-hybridized carbons (Fsp3) is 0.417. The van der Waals surface area contributed by atoms with Crippen LogP contribution in [0.2, 0.25) is 0 Å². The molecule has 1 aromatic rings. The summed E-state index contributed by atoms with van der Waals surface area (Å²) in [5.74, 6) is 0.126. The fourth-order valence-electron chi connectivity index (χ4n) is 1.96. The zero-order valence-corrected chi connectivity index (χ0v) is 8.85. The fourth-order valence-corrected chi connectivity index (χ4v) is 1.96. The Bertz CT molecular complexity index is 397. The van der Waals surface area contributed by atoms with Gasteiger partial charge in [-0.2, -0.15) is 0 Å². The van der Waals surface area contributed by atoms with Gasteiger partial charge in [0.25, 0.3) is 0 Å². The van der Waals surface area contributed by atoms with Crippen molar-refractivity contribution >= 4 is 11.6 Å². The molecule has 0 aliphatic carbocycles. The summed E-state index contributed by atoms with van der Waals surface area (Å²) in [5.41, 5.74) is 3.00. The summed E-state index contributed by atoms with van der Waals surface area (Å²) in [5, 5.41) is 2.93. The van der Waals surface area contributed by atoms with E-state index in [1.807, 2.05) is 19.1 Å². The van der Waals surface area contributed by atoms with Gasteiger partial charge in [-0.05, 0) is 31.9 Å². The van der Waals surface area contributed by atoms with Gasteiger partial charge >= 0.3 is 0 Å². The van der Waals surface area contributed by atoms with Crippen LogP contribution in [-0.4, -0.2) is 5.91 Å². The highest BCUT2D eigenvalue weighted by atomic mass is 16.2. The standard InChI is InChI=1S/C12H15NO/c1-4-12(3)9-7-8(2)5-6-10(9)13-11(12)14/h5-7H,4H2,1-3H3,(H,13,14).